The highest BCUT2D eigenvalue weighted by Crippen LogP contribution is 2.18. The van der Waals surface area contributed by atoms with Crippen molar-refractivity contribution >= 4 is 56.0 Å². The Morgan fingerprint density at radius 2 is 2.29 bits per heavy atom. The first-order valence-electron chi connectivity index (χ1n) is 5.38. The van der Waals surface area contributed by atoms with E-state index >= 15 is 0 Å². The third-order valence-corrected chi connectivity index (χ3v) is 3.89. The first-order valence-corrected chi connectivity index (χ1v) is 7.69. The van der Waals surface area contributed by atoms with Gasteiger partial charge in [-0.2, -0.15) is 0 Å². The number of nitrogens with one attached hydrogen (secondary N) is 1. The Hall–Kier alpha value is 0.190. The number of carbonyl (C=O) groups is 1. The van der Waals surface area contributed by atoms with E-state index in [2.05, 4.69) is 43.8 Å². The Balaban J connectivity index is 2.49. The van der Waals surface area contributed by atoms with E-state index in [1.165, 1.54) is 0 Å². The van der Waals surface area contributed by atoms with Crippen molar-refractivity contribution in [2.24, 2.45) is 0 Å². The van der Waals surface area contributed by atoms with Gasteiger partial charge in [-0.15, -0.1) is 11.6 Å². The van der Waals surface area contributed by atoms with Gasteiger partial charge in [0.2, 0.25) is 0 Å². The molecule has 5 heteroatoms. The SMILES string of the molecule is CC(Cl)CCCNC(=O)c1cc(Br)ccc1I. The van der Waals surface area contributed by atoms with Crippen molar-refractivity contribution in [2.75, 3.05) is 6.54 Å². The molecule has 0 aliphatic rings. The minimum Gasteiger partial charge on any atom is -0.352 e. The van der Waals surface area contributed by atoms with Crippen LogP contribution >= 0.6 is 50.1 Å². The van der Waals surface area contributed by atoms with Crippen molar-refractivity contribution in [2.45, 2.75) is 25.1 Å². The molecule has 1 rings (SSSR count). The zero-order valence-electron chi connectivity index (χ0n) is 9.47. The number of hydrogen-bond donors (Lipinski definition) is 1. The highest BCUT2D eigenvalue weighted by molar-refractivity contribution is 14.1. The summed E-state index contributed by atoms with van der Waals surface area (Å²) in [6.07, 6.45) is 1.82. The monoisotopic (exact) mass is 429 g/mol. The van der Waals surface area contributed by atoms with Gasteiger partial charge in [0.15, 0.2) is 0 Å². The lowest BCUT2D eigenvalue weighted by atomic mass is 10.2. The largest absolute Gasteiger partial charge is 0.352 e. The number of carbonyl (C=O) groups excluding carboxylic acids is 1. The molecule has 1 atom stereocenters. The summed E-state index contributed by atoms with van der Waals surface area (Å²) < 4.78 is 1.87. The van der Waals surface area contributed by atoms with E-state index in [9.17, 15) is 4.79 Å². The summed E-state index contributed by atoms with van der Waals surface area (Å²) in [4.78, 5) is 11.9. The lowest BCUT2D eigenvalue weighted by Gasteiger charge is -2.08. The van der Waals surface area contributed by atoms with Gasteiger partial charge >= 0.3 is 0 Å². The summed E-state index contributed by atoms with van der Waals surface area (Å²) in [5, 5.41) is 3.06. The van der Waals surface area contributed by atoms with Crippen LogP contribution in [-0.2, 0) is 0 Å². The number of rotatable bonds is 5. The van der Waals surface area contributed by atoms with Crippen LogP contribution in [0, 0.1) is 3.57 Å². The molecule has 0 aliphatic carbocycles. The van der Waals surface area contributed by atoms with Gasteiger partial charge in [0.05, 0.1) is 5.56 Å². The van der Waals surface area contributed by atoms with Crippen LogP contribution in [0.1, 0.15) is 30.1 Å². The second kappa shape index (κ2) is 7.59. The Bertz CT molecular complexity index is 398. The smallest absolute Gasteiger partial charge is 0.252 e. The molecule has 94 valence electrons. The topological polar surface area (TPSA) is 29.1 Å². The van der Waals surface area contributed by atoms with Gasteiger partial charge in [0, 0.05) is 20.0 Å². The van der Waals surface area contributed by atoms with E-state index in [0.717, 1.165) is 20.9 Å². The highest BCUT2D eigenvalue weighted by atomic mass is 127. The molecule has 0 heterocycles. The molecule has 1 amide bonds. The molecule has 1 unspecified atom stereocenters. The second-order valence-corrected chi connectivity index (χ2v) is 6.63. The minimum atomic E-state index is -0.0297. The van der Waals surface area contributed by atoms with E-state index < -0.39 is 0 Å². The van der Waals surface area contributed by atoms with Crippen molar-refractivity contribution < 1.29 is 4.79 Å². The molecule has 0 bridgehead atoms. The zero-order valence-corrected chi connectivity index (χ0v) is 14.0. The quantitative estimate of drug-likeness (QED) is 0.424. The molecule has 17 heavy (non-hydrogen) atoms. The van der Waals surface area contributed by atoms with Crippen molar-refractivity contribution in [3.05, 3.63) is 31.8 Å². The molecule has 1 aromatic carbocycles. The van der Waals surface area contributed by atoms with E-state index in [0.29, 0.717) is 12.1 Å². The fourth-order valence-corrected chi connectivity index (χ4v) is 2.45. The Morgan fingerprint density at radius 3 is 2.94 bits per heavy atom. The number of hydrogen-bond acceptors (Lipinski definition) is 1. The van der Waals surface area contributed by atoms with Gasteiger partial charge in [-0.1, -0.05) is 15.9 Å². The van der Waals surface area contributed by atoms with E-state index in [4.69, 9.17) is 11.6 Å². The molecule has 0 aromatic heterocycles. The average molecular weight is 431 g/mol. The normalized spacial score (nSPS) is 12.2. The highest BCUT2D eigenvalue weighted by Gasteiger charge is 2.09. The standard InChI is InChI=1S/C12H14BrClINO/c1-8(14)3-2-6-16-12(17)10-7-9(13)4-5-11(10)15/h4-5,7-8H,2-3,6H2,1H3,(H,16,17). The summed E-state index contributed by atoms with van der Waals surface area (Å²) in [6, 6.07) is 5.68. The lowest BCUT2D eigenvalue weighted by molar-refractivity contribution is 0.0952. The zero-order chi connectivity index (χ0) is 12.8. The fourth-order valence-electron chi connectivity index (χ4n) is 1.35. The molecule has 0 saturated heterocycles. The Morgan fingerprint density at radius 1 is 1.59 bits per heavy atom. The summed E-state index contributed by atoms with van der Waals surface area (Å²) >= 11 is 11.4. The maximum atomic E-state index is 11.9. The predicted octanol–water partition coefficient (Wildman–Crippen LogP) is 4.19. The van der Waals surface area contributed by atoms with Crippen molar-refractivity contribution in [3.63, 3.8) is 0 Å². The van der Waals surface area contributed by atoms with Gasteiger partial charge in [-0.3, -0.25) is 4.79 Å². The maximum absolute atomic E-state index is 11.9. The van der Waals surface area contributed by atoms with Crippen LogP contribution in [-0.4, -0.2) is 17.8 Å². The van der Waals surface area contributed by atoms with Gasteiger partial charge in [-0.25, -0.2) is 0 Å². The minimum absolute atomic E-state index is 0.0297. The Labute approximate surface area is 129 Å². The Kier molecular flexibility index (Phi) is 6.80. The van der Waals surface area contributed by atoms with E-state index in [-0.39, 0.29) is 11.3 Å². The van der Waals surface area contributed by atoms with E-state index in [1.807, 2.05) is 25.1 Å². The molecule has 1 aromatic rings. The van der Waals surface area contributed by atoms with Crippen LogP contribution in [0.3, 0.4) is 0 Å². The van der Waals surface area contributed by atoms with Gasteiger partial charge in [0.1, 0.15) is 0 Å². The molecule has 0 spiro atoms. The van der Waals surface area contributed by atoms with Crippen LogP contribution < -0.4 is 5.32 Å². The summed E-state index contributed by atoms with van der Waals surface area (Å²) in [7, 11) is 0. The third kappa shape index (κ3) is 5.57. The van der Waals surface area contributed by atoms with Crippen LogP contribution in [0.2, 0.25) is 0 Å². The fraction of sp³-hybridized carbons (Fsp3) is 0.417. The van der Waals surface area contributed by atoms with Crippen molar-refractivity contribution in [3.8, 4) is 0 Å². The maximum Gasteiger partial charge on any atom is 0.252 e. The lowest BCUT2D eigenvalue weighted by Crippen LogP contribution is -2.25. The molecule has 0 radical (unpaired) electrons. The third-order valence-electron chi connectivity index (χ3n) is 2.24. The van der Waals surface area contributed by atoms with Crippen LogP contribution in [0.4, 0.5) is 0 Å². The van der Waals surface area contributed by atoms with Crippen LogP contribution in [0.15, 0.2) is 22.7 Å². The molecular formula is C12H14BrClINO. The molecule has 0 aliphatic heterocycles. The summed E-state index contributed by atoms with van der Waals surface area (Å²) in [5.74, 6) is -0.0297. The van der Waals surface area contributed by atoms with Crippen LogP contribution in [0.5, 0.6) is 0 Å². The number of halogens is 3. The van der Waals surface area contributed by atoms with Gasteiger partial charge in [0.25, 0.3) is 5.91 Å². The molecule has 2 nitrogen and oxygen atoms in total. The molecule has 1 N–H and O–H groups in total. The first-order chi connectivity index (χ1) is 8.00. The van der Waals surface area contributed by atoms with Crippen LogP contribution in [0.25, 0.3) is 0 Å². The predicted molar refractivity (Wildman–Crippen MR) is 83.7 cm³/mol. The van der Waals surface area contributed by atoms with Crippen molar-refractivity contribution in [1.29, 1.82) is 0 Å². The molecule has 0 saturated carbocycles. The number of amides is 1. The number of alkyl halides is 1. The first kappa shape index (κ1) is 15.2. The van der Waals surface area contributed by atoms with Crippen molar-refractivity contribution in [1.82, 2.24) is 5.32 Å². The molecule has 0 fully saturated rings. The van der Waals surface area contributed by atoms with Gasteiger partial charge in [-0.05, 0) is 60.6 Å². The average Bonchev–Trinajstić information content (AvgIpc) is 2.27. The summed E-state index contributed by atoms with van der Waals surface area (Å²) in [6.45, 7) is 2.62. The van der Waals surface area contributed by atoms with Gasteiger partial charge < -0.3 is 5.32 Å². The number of benzene rings is 1. The second-order valence-electron chi connectivity index (χ2n) is 3.80. The molecular weight excluding hydrogens is 416 g/mol. The van der Waals surface area contributed by atoms with E-state index in [1.54, 1.807) is 0 Å². The summed E-state index contributed by atoms with van der Waals surface area (Å²) in [5.41, 5.74) is 0.707.